The molecule has 0 aliphatic heterocycles. The van der Waals surface area contributed by atoms with Crippen molar-refractivity contribution in [1.29, 1.82) is 5.26 Å². The third-order valence-corrected chi connectivity index (χ3v) is 2.69. The topological polar surface area (TPSA) is 64.9 Å². The van der Waals surface area contributed by atoms with Crippen molar-refractivity contribution in [2.45, 2.75) is 32.7 Å². The highest BCUT2D eigenvalue weighted by Gasteiger charge is 2.10. The quantitative estimate of drug-likeness (QED) is 0.828. The second kappa shape index (κ2) is 7.37. The fourth-order valence-electron chi connectivity index (χ4n) is 1.79. The molecule has 1 atom stereocenters. The number of carbonyl (C=O) groups excluding carboxylic acids is 1. The lowest BCUT2D eigenvalue weighted by molar-refractivity contribution is -0.120. The number of rotatable bonds is 6. The van der Waals surface area contributed by atoms with Crippen LogP contribution < -0.4 is 10.6 Å². The molecule has 1 unspecified atom stereocenters. The summed E-state index contributed by atoms with van der Waals surface area (Å²) in [6.07, 6.45) is 1.91. The van der Waals surface area contributed by atoms with Gasteiger partial charge in [-0.1, -0.05) is 19.4 Å². The van der Waals surface area contributed by atoms with Crippen molar-refractivity contribution in [3.8, 4) is 6.07 Å². The van der Waals surface area contributed by atoms with E-state index in [1.54, 1.807) is 12.1 Å². The van der Waals surface area contributed by atoms with Crippen molar-refractivity contribution in [2.24, 2.45) is 0 Å². The van der Waals surface area contributed by atoms with Crippen LogP contribution in [0, 0.1) is 17.1 Å². The van der Waals surface area contributed by atoms with Crippen LogP contribution in [0.4, 0.5) is 10.1 Å². The first-order chi connectivity index (χ1) is 9.08. The van der Waals surface area contributed by atoms with Gasteiger partial charge in [-0.05, 0) is 25.5 Å². The number of nitrogens with zero attached hydrogens (tertiary/aromatic N) is 1. The molecule has 0 aliphatic carbocycles. The predicted octanol–water partition coefficient (Wildman–Crippen LogP) is 2.41. The molecular formula is C14H18FN3O. The second-order valence-electron chi connectivity index (χ2n) is 4.38. The first-order valence-electron chi connectivity index (χ1n) is 6.30. The van der Waals surface area contributed by atoms with Crippen molar-refractivity contribution in [3.05, 3.63) is 29.6 Å². The molecule has 1 aromatic carbocycles. The number of nitrogens with one attached hydrogen (secondary N) is 2. The van der Waals surface area contributed by atoms with Gasteiger partial charge in [0.15, 0.2) is 0 Å². The average molecular weight is 263 g/mol. The van der Waals surface area contributed by atoms with E-state index < -0.39 is 5.82 Å². The van der Waals surface area contributed by atoms with Gasteiger partial charge in [0.25, 0.3) is 0 Å². The van der Waals surface area contributed by atoms with Crippen LogP contribution in [0.15, 0.2) is 18.2 Å². The molecule has 0 heterocycles. The largest absolute Gasteiger partial charge is 0.375 e. The maximum Gasteiger partial charge on any atom is 0.239 e. The molecule has 0 saturated carbocycles. The molecule has 19 heavy (non-hydrogen) atoms. The van der Waals surface area contributed by atoms with Gasteiger partial charge in [0.2, 0.25) is 5.91 Å². The zero-order valence-corrected chi connectivity index (χ0v) is 11.2. The Balaban J connectivity index is 2.56. The van der Waals surface area contributed by atoms with Gasteiger partial charge in [-0.25, -0.2) is 4.39 Å². The molecule has 1 rings (SSSR count). The average Bonchev–Trinajstić information content (AvgIpc) is 2.36. The minimum atomic E-state index is -0.591. The third-order valence-electron chi connectivity index (χ3n) is 2.69. The fraction of sp³-hybridized carbons (Fsp3) is 0.429. The number of anilines is 1. The Bertz CT molecular complexity index is 482. The van der Waals surface area contributed by atoms with E-state index in [1.807, 2.05) is 13.8 Å². The number of carbonyl (C=O) groups is 1. The normalized spacial score (nSPS) is 11.5. The molecule has 2 N–H and O–H groups in total. The summed E-state index contributed by atoms with van der Waals surface area (Å²) in [4.78, 5) is 11.6. The van der Waals surface area contributed by atoms with Crippen molar-refractivity contribution in [3.63, 3.8) is 0 Å². The molecule has 0 aromatic heterocycles. The van der Waals surface area contributed by atoms with Crippen molar-refractivity contribution in [2.75, 3.05) is 11.9 Å². The summed E-state index contributed by atoms with van der Waals surface area (Å²) in [7, 11) is 0. The van der Waals surface area contributed by atoms with Gasteiger partial charge in [0.1, 0.15) is 17.4 Å². The monoisotopic (exact) mass is 263 g/mol. The fourth-order valence-corrected chi connectivity index (χ4v) is 1.79. The summed E-state index contributed by atoms with van der Waals surface area (Å²) in [5.41, 5.74) is 0.262. The lowest BCUT2D eigenvalue weighted by Gasteiger charge is -2.14. The summed E-state index contributed by atoms with van der Waals surface area (Å²) in [6.45, 7) is 4.00. The molecule has 0 radical (unpaired) electrons. The molecule has 0 spiro atoms. The molecular weight excluding hydrogens is 245 g/mol. The Labute approximate surface area is 112 Å². The van der Waals surface area contributed by atoms with E-state index in [2.05, 4.69) is 10.6 Å². The Morgan fingerprint density at radius 2 is 2.26 bits per heavy atom. The molecule has 1 amide bonds. The predicted molar refractivity (Wildman–Crippen MR) is 72.1 cm³/mol. The van der Waals surface area contributed by atoms with Crippen LogP contribution in [0.5, 0.6) is 0 Å². The minimum absolute atomic E-state index is 0.0200. The van der Waals surface area contributed by atoms with Gasteiger partial charge in [-0.15, -0.1) is 0 Å². The number of benzene rings is 1. The Hall–Kier alpha value is -2.09. The maximum atomic E-state index is 13.3. The molecule has 4 nitrogen and oxygen atoms in total. The van der Waals surface area contributed by atoms with Crippen LogP contribution in [0.3, 0.4) is 0 Å². The lowest BCUT2D eigenvalue weighted by atomic mass is 10.2. The molecule has 1 aromatic rings. The van der Waals surface area contributed by atoms with Gasteiger partial charge >= 0.3 is 0 Å². The first kappa shape index (κ1) is 15.0. The smallest absolute Gasteiger partial charge is 0.239 e. The van der Waals surface area contributed by atoms with Crippen LogP contribution in [-0.2, 0) is 4.79 Å². The third kappa shape index (κ3) is 4.59. The maximum absolute atomic E-state index is 13.3. The van der Waals surface area contributed by atoms with E-state index in [-0.39, 0.29) is 24.1 Å². The number of nitriles is 1. The zero-order valence-electron chi connectivity index (χ0n) is 11.2. The van der Waals surface area contributed by atoms with E-state index in [0.29, 0.717) is 5.69 Å². The standard InChI is InChI=1S/C14H18FN3O/c1-3-5-10(2)18-14(19)9-17-13-7-4-6-12(15)11(13)8-16/h4,6-7,10,17H,3,5,9H2,1-2H3,(H,18,19). The number of amides is 1. The molecule has 0 fully saturated rings. The van der Waals surface area contributed by atoms with Crippen LogP contribution in [-0.4, -0.2) is 18.5 Å². The molecule has 5 heteroatoms. The summed E-state index contributed by atoms with van der Waals surface area (Å²) in [5.74, 6) is -0.763. The Kier molecular flexibility index (Phi) is 5.80. The summed E-state index contributed by atoms with van der Waals surface area (Å²) >= 11 is 0. The molecule has 0 bridgehead atoms. The van der Waals surface area contributed by atoms with E-state index >= 15 is 0 Å². The van der Waals surface area contributed by atoms with Crippen LogP contribution in [0.2, 0.25) is 0 Å². The summed E-state index contributed by atoms with van der Waals surface area (Å²) in [5, 5.41) is 14.5. The van der Waals surface area contributed by atoms with Crippen molar-refractivity contribution >= 4 is 11.6 Å². The SMILES string of the molecule is CCCC(C)NC(=O)CNc1cccc(F)c1C#N. The van der Waals surface area contributed by atoms with Crippen molar-refractivity contribution in [1.82, 2.24) is 5.32 Å². The summed E-state index contributed by atoms with van der Waals surface area (Å²) < 4.78 is 13.3. The zero-order chi connectivity index (χ0) is 14.3. The molecule has 0 aliphatic rings. The van der Waals surface area contributed by atoms with Crippen molar-refractivity contribution < 1.29 is 9.18 Å². The Morgan fingerprint density at radius 1 is 1.53 bits per heavy atom. The highest BCUT2D eigenvalue weighted by molar-refractivity contribution is 5.81. The minimum Gasteiger partial charge on any atom is -0.375 e. The molecule has 0 saturated heterocycles. The first-order valence-corrected chi connectivity index (χ1v) is 6.30. The van der Waals surface area contributed by atoms with E-state index in [1.165, 1.54) is 12.1 Å². The van der Waals surface area contributed by atoms with Gasteiger partial charge in [0.05, 0.1) is 12.2 Å². The van der Waals surface area contributed by atoms with Gasteiger partial charge in [-0.2, -0.15) is 5.26 Å². The van der Waals surface area contributed by atoms with E-state index in [0.717, 1.165) is 12.8 Å². The number of hydrogen-bond donors (Lipinski definition) is 2. The van der Waals surface area contributed by atoms with Crippen LogP contribution in [0.1, 0.15) is 32.3 Å². The lowest BCUT2D eigenvalue weighted by Crippen LogP contribution is -2.36. The Morgan fingerprint density at radius 3 is 2.89 bits per heavy atom. The second-order valence-corrected chi connectivity index (χ2v) is 4.38. The number of halogens is 1. The summed E-state index contributed by atoms with van der Waals surface area (Å²) in [6, 6.07) is 6.18. The van der Waals surface area contributed by atoms with Gasteiger partial charge in [-0.3, -0.25) is 4.79 Å². The van der Waals surface area contributed by atoms with Gasteiger partial charge < -0.3 is 10.6 Å². The number of hydrogen-bond acceptors (Lipinski definition) is 3. The molecule has 102 valence electrons. The van der Waals surface area contributed by atoms with Crippen LogP contribution >= 0.6 is 0 Å². The van der Waals surface area contributed by atoms with Gasteiger partial charge in [0, 0.05) is 6.04 Å². The highest BCUT2D eigenvalue weighted by atomic mass is 19.1. The van der Waals surface area contributed by atoms with E-state index in [9.17, 15) is 9.18 Å². The highest BCUT2D eigenvalue weighted by Crippen LogP contribution is 2.17. The van der Waals surface area contributed by atoms with E-state index in [4.69, 9.17) is 5.26 Å². The van der Waals surface area contributed by atoms with Crippen LogP contribution in [0.25, 0.3) is 0 Å².